The molecule has 86 valence electrons. The molecule has 2 rings (SSSR count). The van der Waals surface area contributed by atoms with Crippen molar-refractivity contribution >= 4 is 5.97 Å². The number of morpholine rings is 1. The van der Waals surface area contributed by atoms with E-state index in [2.05, 4.69) is 19.2 Å². The minimum atomic E-state index is -0.342. The highest BCUT2D eigenvalue weighted by Gasteiger charge is 2.45. The normalized spacial score (nSPS) is 30.6. The molecular formula is C12H21NO2. The lowest BCUT2D eigenvalue weighted by atomic mass is 9.79. The summed E-state index contributed by atoms with van der Waals surface area (Å²) in [5, 5.41) is 3.54. The molecule has 3 nitrogen and oxygen atoms in total. The van der Waals surface area contributed by atoms with E-state index in [1.807, 2.05) is 0 Å². The zero-order valence-corrected chi connectivity index (χ0v) is 9.71. The van der Waals surface area contributed by atoms with E-state index in [1.54, 1.807) is 0 Å². The second-order valence-electron chi connectivity index (χ2n) is 5.24. The lowest BCUT2D eigenvalue weighted by Crippen LogP contribution is -2.64. The second kappa shape index (κ2) is 4.12. The standard InChI is InChI=1S/C12H21NO2/c1-9(2)10-8-15-11(14)12(13-10)6-4-3-5-7-12/h9-10,13H,3-8H2,1-2H3/t10-/m1/s1. The Labute approximate surface area is 91.6 Å². The lowest BCUT2D eigenvalue weighted by Gasteiger charge is -2.43. The van der Waals surface area contributed by atoms with Gasteiger partial charge in [0, 0.05) is 6.04 Å². The quantitative estimate of drug-likeness (QED) is 0.673. The van der Waals surface area contributed by atoms with E-state index in [0.29, 0.717) is 18.6 Å². The van der Waals surface area contributed by atoms with Crippen LogP contribution in [-0.2, 0) is 9.53 Å². The third kappa shape index (κ3) is 2.03. The highest BCUT2D eigenvalue weighted by molar-refractivity contribution is 5.81. The number of hydrogen-bond donors (Lipinski definition) is 1. The Morgan fingerprint density at radius 1 is 1.33 bits per heavy atom. The highest BCUT2D eigenvalue weighted by Crippen LogP contribution is 2.32. The van der Waals surface area contributed by atoms with Crippen LogP contribution in [0.3, 0.4) is 0 Å². The van der Waals surface area contributed by atoms with Crippen LogP contribution < -0.4 is 5.32 Å². The molecule has 0 unspecified atom stereocenters. The number of carbonyl (C=O) groups is 1. The van der Waals surface area contributed by atoms with Crippen molar-refractivity contribution in [3.63, 3.8) is 0 Å². The predicted octanol–water partition coefficient (Wildman–Crippen LogP) is 1.86. The Kier molecular flexibility index (Phi) is 3.01. The first kappa shape index (κ1) is 10.9. The van der Waals surface area contributed by atoms with Crippen molar-refractivity contribution < 1.29 is 9.53 Å². The molecule has 1 aliphatic heterocycles. The maximum absolute atomic E-state index is 11.9. The van der Waals surface area contributed by atoms with Gasteiger partial charge in [0.05, 0.1) is 0 Å². The number of rotatable bonds is 1. The molecule has 15 heavy (non-hydrogen) atoms. The van der Waals surface area contributed by atoms with Gasteiger partial charge in [0.2, 0.25) is 0 Å². The van der Waals surface area contributed by atoms with Gasteiger partial charge in [-0.15, -0.1) is 0 Å². The summed E-state index contributed by atoms with van der Waals surface area (Å²) in [4.78, 5) is 11.9. The molecule has 1 spiro atoms. The fraction of sp³-hybridized carbons (Fsp3) is 0.917. The largest absolute Gasteiger partial charge is 0.463 e. The summed E-state index contributed by atoms with van der Waals surface area (Å²) in [5.74, 6) is 0.510. The molecular weight excluding hydrogens is 190 g/mol. The van der Waals surface area contributed by atoms with Gasteiger partial charge in [-0.3, -0.25) is 10.1 Å². The first-order chi connectivity index (χ1) is 7.14. The highest BCUT2D eigenvalue weighted by atomic mass is 16.5. The van der Waals surface area contributed by atoms with Crippen LogP contribution in [0.15, 0.2) is 0 Å². The van der Waals surface area contributed by atoms with E-state index in [4.69, 9.17) is 4.74 Å². The van der Waals surface area contributed by atoms with Crippen molar-refractivity contribution in [2.45, 2.75) is 57.5 Å². The van der Waals surface area contributed by atoms with Crippen LogP contribution in [0.5, 0.6) is 0 Å². The Hall–Kier alpha value is -0.570. The number of nitrogens with one attached hydrogen (secondary N) is 1. The molecule has 2 aliphatic rings. The van der Waals surface area contributed by atoms with Crippen LogP contribution in [0.25, 0.3) is 0 Å². The molecule has 0 aromatic rings. The second-order valence-corrected chi connectivity index (χ2v) is 5.24. The van der Waals surface area contributed by atoms with Gasteiger partial charge in [-0.25, -0.2) is 0 Å². The molecule has 0 aromatic carbocycles. The summed E-state index contributed by atoms with van der Waals surface area (Å²) in [5.41, 5.74) is -0.342. The van der Waals surface area contributed by atoms with Gasteiger partial charge in [-0.2, -0.15) is 0 Å². The average molecular weight is 211 g/mol. The number of ether oxygens (including phenoxy) is 1. The molecule has 1 saturated heterocycles. The monoisotopic (exact) mass is 211 g/mol. The third-order valence-corrected chi connectivity index (χ3v) is 3.76. The van der Waals surface area contributed by atoms with Gasteiger partial charge < -0.3 is 4.74 Å². The molecule has 0 aromatic heterocycles. The molecule has 1 heterocycles. The zero-order valence-electron chi connectivity index (χ0n) is 9.71. The van der Waals surface area contributed by atoms with Crippen LogP contribution in [0.4, 0.5) is 0 Å². The Bertz CT molecular complexity index is 244. The van der Waals surface area contributed by atoms with E-state index < -0.39 is 0 Å². The third-order valence-electron chi connectivity index (χ3n) is 3.76. The number of hydrogen-bond acceptors (Lipinski definition) is 3. The minimum absolute atomic E-state index is 0.0147. The summed E-state index contributed by atoms with van der Waals surface area (Å²) in [6.07, 6.45) is 5.45. The topological polar surface area (TPSA) is 38.3 Å². The maximum atomic E-state index is 11.9. The summed E-state index contributed by atoms with van der Waals surface area (Å²) in [6.45, 7) is 4.89. The fourth-order valence-corrected chi connectivity index (χ4v) is 2.62. The number of cyclic esters (lactones) is 1. The van der Waals surface area contributed by atoms with Crippen molar-refractivity contribution in [1.29, 1.82) is 0 Å². The van der Waals surface area contributed by atoms with Crippen LogP contribution in [0.2, 0.25) is 0 Å². The molecule has 1 atom stereocenters. The van der Waals surface area contributed by atoms with Crippen LogP contribution >= 0.6 is 0 Å². The van der Waals surface area contributed by atoms with Gasteiger partial charge in [-0.05, 0) is 18.8 Å². The summed E-state index contributed by atoms with van der Waals surface area (Å²) < 4.78 is 5.34. The molecule has 1 saturated carbocycles. The Balaban J connectivity index is 2.10. The molecule has 3 heteroatoms. The van der Waals surface area contributed by atoms with Gasteiger partial charge in [-0.1, -0.05) is 33.1 Å². The lowest BCUT2D eigenvalue weighted by molar-refractivity contribution is -0.162. The molecule has 0 bridgehead atoms. The van der Waals surface area contributed by atoms with Crippen molar-refractivity contribution in [3.8, 4) is 0 Å². The predicted molar refractivity (Wildman–Crippen MR) is 58.5 cm³/mol. The number of esters is 1. The van der Waals surface area contributed by atoms with Crippen LogP contribution in [0, 0.1) is 5.92 Å². The van der Waals surface area contributed by atoms with Gasteiger partial charge >= 0.3 is 5.97 Å². The molecule has 1 N–H and O–H groups in total. The summed E-state index contributed by atoms with van der Waals surface area (Å²) >= 11 is 0. The first-order valence-corrected chi connectivity index (χ1v) is 6.09. The van der Waals surface area contributed by atoms with Crippen molar-refractivity contribution in [2.75, 3.05) is 6.61 Å². The maximum Gasteiger partial charge on any atom is 0.326 e. The SMILES string of the molecule is CC(C)[C@H]1COC(=O)C2(CCCCC2)N1. The smallest absolute Gasteiger partial charge is 0.326 e. The zero-order chi connectivity index (χ0) is 10.9. The van der Waals surface area contributed by atoms with Crippen LogP contribution in [0.1, 0.15) is 46.0 Å². The fourth-order valence-electron chi connectivity index (χ4n) is 2.62. The minimum Gasteiger partial charge on any atom is -0.463 e. The van der Waals surface area contributed by atoms with Crippen molar-refractivity contribution in [3.05, 3.63) is 0 Å². The number of carbonyl (C=O) groups excluding carboxylic acids is 1. The van der Waals surface area contributed by atoms with E-state index in [-0.39, 0.29) is 11.5 Å². The molecule has 0 amide bonds. The van der Waals surface area contributed by atoms with E-state index in [1.165, 1.54) is 6.42 Å². The molecule has 1 aliphatic carbocycles. The summed E-state index contributed by atoms with van der Waals surface area (Å²) in [7, 11) is 0. The van der Waals surface area contributed by atoms with Gasteiger partial charge in [0.1, 0.15) is 12.1 Å². The van der Waals surface area contributed by atoms with Crippen molar-refractivity contribution in [2.24, 2.45) is 5.92 Å². The average Bonchev–Trinajstić information content (AvgIpc) is 2.23. The Morgan fingerprint density at radius 2 is 2.00 bits per heavy atom. The van der Waals surface area contributed by atoms with Crippen molar-refractivity contribution in [1.82, 2.24) is 5.32 Å². The van der Waals surface area contributed by atoms with Crippen LogP contribution in [-0.4, -0.2) is 24.2 Å². The first-order valence-electron chi connectivity index (χ1n) is 6.09. The molecule has 0 radical (unpaired) electrons. The van der Waals surface area contributed by atoms with E-state index in [0.717, 1.165) is 25.7 Å². The molecule has 2 fully saturated rings. The summed E-state index contributed by atoms with van der Waals surface area (Å²) in [6, 6.07) is 0.334. The van der Waals surface area contributed by atoms with Gasteiger partial charge in [0.25, 0.3) is 0 Å². The van der Waals surface area contributed by atoms with Gasteiger partial charge in [0.15, 0.2) is 0 Å². The van der Waals surface area contributed by atoms with E-state index >= 15 is 0 Å². The Morgan fingerprint density at radius 3 is 2.60 bits per heavy atom. The van der Waals surface area contributed by atoms with E-state index in [9.17, 15) is 4.79 Å².